The second-order valence-corrected chi connectivity index (χ2v) is 7.68. The number of nitrogens with zero attached hydrogens (tertiary/aromatic N) is 1. The molecule has 0 aliphatic carbocycles. The van der Waals surface area contributed by atoms with Crippen LogP contribution in [0.5, 0.6) is 5.75 Å². The number of benzene rings is 2. The van der Waals surface area contributed by atoms with Gasteiger partial charge in [0.25, 0.3) is 10.0 Å². The van der Waals surface area contributed by atoms with Crippen LogP contribution in [0.15, 0.2) is 56.9 Å². The molecule has 1 N–H and O–H groups in total. The van der Waals surface area contributed by atoms with Gasteiger partial charge in [0.2, 0.25) is 0 Å². The lowest BCUT2D eigenvalue weighted by Gasteiger charge is -2.11. The predicted octanol–water partition coefficient (Wildman–Crippen LogP) is 3.69. The minimum Gasteiger partial charge on any atom is -0.490 e. The molecule has 0 aliphatic rings. The molecule has 0 saturated heterocycles. The first-order valence-corrected chi connectivity index (χ1v) is 9.32. The number of nitrogens with one attached hydrogen (secondary N) is 1. The van der Waals surface area contributed by atoms with Crippen molar-refractivity contribution in [3.8, 4) is 5.75 Å². The van der Waals surface area contributed by atoms with E-state index in [0.717, 1.165) is 16.6 Å². The van der Waals surface area contributed by atoms with Crippen molar-refractivity contribution < 1.29 is 17.5 Å². The molecule has 0 bridgehead atoms. The topological polar surface area (TPSA) is 67.8 Å². The molecule has 5 nitrogen and oxygen atoms in total. The van der Waals surface area contributed by atoms with Crippen molar-refractivity contribution in [2.45, 2.75) is 24.8 Å². The molecule has 8 heteroatoms. The maximum atomic E-state index is 12.8. The quantitative estimate of drug-likeness (QED) is 0.578. The van der Waals surface area contributed by atoms with Gasteiger partial charge in [0, 0.05) is 0 Å². The standard InChI is InChI=1S/C16H16BrFN2O3S/c1-11(2)23-16-8-3-12(9-15(16)17)10-19-20-24(21,22)14-6-4-13(18)5-7-14/h3-11,20H,1-2H3/b19-10+. The largest absolute Gasteiger partial charge is 0.490 e. The van der Waals surface area contributed by atoms with Gasteiger partial charge in [0.1, 0.15) is 11.6 Å². The first kappa shape index (κ1) is 18.4. The van der Waals surface area contributed by atoms with Crippen molar-refractivity contribution in [3.63, 3.8) is 0 Å². The lowest BCUT2D eigenvalue weighted by Crippen LogP contribution is -2.18. The van der Waals surface area contributed by atoms with Gasteiger partial charge in [-0.2, -0.15) is 13.5 Å². The third-order valence-corrected chi connectivity index (χ3v) is 4.69. The molecular weight excluding hydrogens is 399 g/mol. The Morgan fingerprint density at radius 2 is 1.88 bits per heavy atom. The molecular formula is C16H16BrFN2O3S. The van der Waals surface area contributed by atoms with Gasteiger partial charge >= 0.3 is 0 Å². The zero-order valence-electron chi connectivity index (χ0n) is 13.0. The van der Waals surface area contributed by atoms with Gasteiger partial charge in [0.05, 0.1) is 21.7 Å². The summed E-state index contributed by atoms with van der Waals surface area (Å²) in [6.45, 7) is 3.85. The highest BCUT2D eigenvalue weighted by molar-refractivity contribution is 9.10. The minimum atomic E-state index is -3.83. The van der Waals surface area contributed by atoms with Crippen molar-refractivity contribution >= 4 is 32.2 Å². The van der Waals surface area contributed by atoms with Crippen LogP contribution in [0.3, 0.4) is 0 Å². The fourth-order valence-corrected chi connectivity index (χ4v) is 3.06. The maximum absolute atomic E-state index is 12.8. The van der Waals surface area contributed by atoms with Crippen LogP contribution >= 0.6 is 15.9 Å². The number of sulfonamides is 1. The van der Waals surface area contributed by atoms with E-state index in [1.165, 1.54) is 18.3 Å². The number of halogens is 2. The molecule has 0 unspecified atom stereocenters. The Labute approximate surface area is 148 Å². The molecule has 0 heterocycles. The Morgan fingerprint density at radius 1 is 1.21 bits per heavy atom. The molecule has 24 heavy (non-hydrogen) atoms. The first-order chi connectivity index (χ1) is 11.3. The average molecular weight is 415 g/mol. The van der Waals surface area contributed by atoms with Crippen LogP contribution in [0.25, 0.3) is 0 Å². The lowest BCUT2D eigenvalue weighted by molar-refractivity contribution is 0.241. The van der Waals surface area contributed by atoms with Crippen LogP contribution in [0, 0.1) is 5.82 Å². The monoisotopic (exact) mass is 414 g/mol. The van der Waals surface area contributed by atoms with E-state index in [0.29, 0.717) is 11.3 Å². The highest BCUT2D eigenvalue weighted by Gasteiger charge is 2.12. The van der Waals surface area contributed by atoms with Crippen LogP contribution in [-0.4, -0.2) is 20.7 Å². The van der Waals surface area contributed by atoms with E-state index in [4.69, 9.17) is 4.74 Å². The van der Waals surface area contributed by atoms with Crippen LogP contribution in [0.2, 0.25) is 0 Å². The fourth-order valence-electron chi connectivity index (χ4n) is 1.78. The predicted molar refractivity (Wildman–Crippen MR) is 94.2 cm³/mol. The van der Waals surface area contributed by atoms with Crippen molar-refractivity contribution in [1.29, 1.82) is 0 Å². The van der Waals surface area contributed by atoms with Gasteiger partial charge in [-0.3, -0.25) is 0 Å². The van der Waals surface area contributed by atoms with E-state index in [1.807, 2.05) is 13.8 Å². The average Bonchev–Trinajstić information content (AvgIpc) is 2.50. The van der Waals surface area contributed by atoms with Crippen molar-refractivity contribution in [3.05, 3.63) is 58.3 Å². The summed E-state index contributed by atoms with van der Waals surface area (Å²) in [5, 5.41) is 3.73. The number of hydrogen-bond acceptors (Lipinski definition) is 4. The molecule has 2 rings (SSSR count). The normalized spacial score (nSPS) is 11.9. The van der Waals surface area contributed by atoms with Crippen molar-refractivity contribution in [1.82, 2.24) is 4.83 Å². The first-order valence-electron chi connectivity index (χ1n) is 7.04. The Morgan fingerprint density at radius 3 is 2.46 bits per heavy atom. The SMILES string of the molecule is CC(C)Oc1ccc(/C=N/NS(=O)(=O)c2ccc(F)cc2)cc1Br. The van der Waals surface area contributed by atoms with Crippen LogP contribution in [0.1, 0.15) is 19.4 Å². The number of ether oxygens (including phenoxy) is 1. The zero-order valence-corrected chi connectivity index (χ0v) is 15.4. The lowest BCUT2D eigenvalue weighted by atomic mass is 10.2. The molecule has 0 aromatic heterocycles. The van der Waals surface area contributed by atoms with Crippen molar-refractivity contribution in [2.24, 2.45) is 5.10 Å². The van der Waals surface area contributed by atoms with Crippen LogP contribution in [0.4, 0.5) is 4.39 Å². The zero-order chi connectivity index (χ0) is 17.7. The van der Waals surface area contributed by atoms with E-state index in [9.17, 15) is 12.8 Å². The number of hydrazone groups is 1. The summed E-state index contributed by atoms with van der Waals surface area (Å²) in [5.74, 6) is 0.181. The summed E-state index contributed by atoms with van der Waals surface area (Å²) >= 11 is 3.39. The summed E-state index contributed by atoms with van der Waals surface area (Å²) < 4.78 is 43.2. The number of hydrogen-bond donors (Lipinski definition) is 1. The molecule has 0 aliphatic heterocycles. The molecule has 2 aromatic rings. The molecule has 0 fully saturated rings. The van der Waals surface area contributed by atoms with Crippen LogP contribution in [-0.2, 0) is 10.0 Å². The molecule has 0 amide bonds. The van der Waals surface area contributed by atoms with Crippen LogP contribution < -0.4 is 9.57 Å². The van der Waals surface area contributed by atoms with E-state index >= 15 is 0 Å². The summed E-state index contributed by atoms with van der Waals surface area (Å²) in [6, 6.07) is 9.75. The Balaban J connectivity index is 2.08. The summed E-state index contributed by atoms with van der Waals surface area (Å²) in [5.41, 5.74) is 0.680. The summed E-state index contributed by atoms with van der Waals surface area (Å²) in [4.78, 5) is 2.02. The second-order valence-electron chi connectivity index (χ2n) is 5.16. The number of rotatable bonds is 6. The van der Waals surface area contributed by atoms with Gasteiger partial charge in [-0.25, -0.2) is 9.22 Å². The van der Waals surface area contributed by atoms with Gasteiger partial charge in [0.15, 0.2) is 0 Å². The van der Waals surface area contributed by atoms with E-state index in [2.05, 4.69) is 25.9 Å². The third-order valence-electron chi connectivity index (χ3n) is 2.83. The van der Waals surface area contributed by atoms with Gasteiger partial charge < -0.3 is 4.74 Å². The molecule has 0 radical (unpaired) electrons. The second kappa shape index (κ2) is 7.76. The molecule has 128 valence electrons. The maximum Gasteiger partial charge on any atom is 0.276 e. The molecule has 0 saturated carbocycles. The highest BCUT2D eigenvalue weighted by atomic mass is 79.9. The Hall–Kier alpha value is -1.93. The van der Waals surface area contributed by atoms with E-state index in [1.54, 1.807) is 18.2 Å². The summed E-state index contributed by atoms with van der Waals surface area (Å²) in [6.07, 6.45) is 1.41. The van der Waals surface area contributed by atoms with Gasteiger partial charge in [-0.1, -0.05) is 0 Å². The Kier molecular flexibility index (Phi) is 5.95. The Bertz CT molecular complexity index is 837. The molecule has 2 aromatic carbocycles. The van der Waals surface area contributed by atoms with Crippen molar-refractivity contribution in [2.75, 3.05) is 0 Å². The smallest absolute Gasteiger partial charge is 0.276 e. The van der Waals surface area contributed by atoms with Gasteiger partial charge in [-0.05, 0) is 77.8 Å². The van der Waals surface area contributed by atoms with Gasteiger partial charge in [-0.15, -0.1) is 0 Å². The van der Waals surface area contributed by atoms with E-state index in [-0.39, 0.29) is 11.0 Å². The van der Waals surface area contributed by atoms with E-state index < -0.39 is 15.8 Å². The molecule has 0 spiro atoms. The fraction of sp³-hybridized carbons (Fsp3) is 0.188. The highest BCUT2D eigenvalue weighted by Crippen LogP contribution is 2.26. The molecule has 0 atom stereocenters. The third kappa shape index (κ3) is 5.04. The summed E-state index contributed by atoms with van der Waals surface area (Å²) in [7, 11) is -3.83. The minimum absolute atomic E-state index is 0.0448.